The molecule has 1 saturated heterocycles. The predicted octanol–water partition coefficient (Wildman–Crippen LogP) is -1.87. The number of carboxylic acid groups (broad SMARTS) is 1. The molecule has 0 amide bonds. The highest BCUT2D eigenvalue weighted by Crippen LogP contribution is 2.14. The second-order valence-electron chi connectivity index (χ2n) is 1.27. The van der Waals surface area contributed by atoms with Crippen LogP contribution in [0.5, 0.6) is 0 Å². The maximum atomic E-state index is 10.00. The van der Waals surface area contributed by atoms with Crippen molar-refractivity contribution in [1.29, 1.82) is 0 Å². The summed E-state index contributed by atoms with van der Waals surface area (Å²) in [5, 5.41) is 7.88. The molecule has 0 bridgehead atoms. The standard InChI is InChI=1S/CH2O3.Al.H2O4S.H2O/c2-1(3)4;;1-5(2,3)4;/h(H2,2,3,4);;(H2,1,2,3,4);1H2/q;+3;;/p-3. The molecule has 1 heterocycles. The summed E-state index contributed by atoms with van der Waals surface area (Å²) in [6.45, 7) is 0. The minimum absolute atomic E-state index is 0. The third kappa shape index (κ3) is 3.02. The lowest BCUT2D eigenvalue weighted by Crippen LogP contribution is -2.44. The molecule has 0 unspecified atom stereocenters. The Kier molecular flexibility index (Phi) is 3.24. The molecule has 1 aliphatic rings. The SMILES string of the molecule is O.O=C(O)[O][Al]1[O]S(=O)(=O)[O]1. The molecular formula is CH3AlO8S. The largest absolute Gasteiger partial charge is 1.04 e. The zero-order valence-electron chi connectivity index (χ0n) is 4.88. The van der Waals surface area contributed by atoms with Crippen LogP contribution >= 0.6 is 0 Å². The third-order valence-electron chi connectivity index (χ3n) is 0.590. The zero-order valence-corrected chi connectivity index (χ0v) is 6.85. The summed E-state index contributed by atoms with van der Waals surface area (Å²) in [4.78, 5) is 9.67. The Bertz CT molecular complexity index is 229. The Labute approximate surface area is 66.3 Å². The van der Waals surface area contributed by atoms with E-state index in [0.29, 0.717) is 0 Å². The van der Waals surface area contributed by atoms with E-state index in [-0.39, 0.29) is 5.48 Å². The molecule has 8 nitrogen and oxygen atoms in total. The number of carbonyl (C=O) groups is 1. The van der Waals surface area contributed by atoms with Crippen LogP contribution in [0.3, 0.4) is 0 Å². The zero-order chi connectivity index (χ0) is 7.78. The molecule has 1 aliphatic heterocycles. The fourth-order valence-corrected chi connectivity index (χ4v) is 2.40. The minimum atomic E-state index is -3.90. The van der Waals surface area contributed by atoms with Gasteiger partial charge in [-0.2, -0.15) is 8.42 Å². The van der Waals surface area contributed by atoms with E-state index in [1.165, 1.54) is 0 Å². The first-order valence-electron chi connectivity index (χ1n) is 2.01. The minimum Gasteiger partial charge on any atom is -0.539 e. The number of hydrogen-bond acceptors (Lipinski definition) is 6. The molecule has 0 aromatic rings. The van der Waals surface area contributed by atoms with E-state index in [4.69, 9.17) is 5.11 Å². The van der Waals surface area contributed by atoms with Crippen LogP contribution in [0.15, 0.2) is 0 Å². The van der Waals surface area contributed by atoms with Crippen LogP contribution in [0, 0.1) is 0 Å². The van der Waals surface area contributed by atoms with Gasteiger partial charge in [-0.25, -0.2) is 4.79 Å². The molecule has 3 N–H and O–H groups in total. The van der Waals surface area contributed by atoms with E-state index in [2.05, 4.69) is 10.3 Å². The van der Waals surface area contributed by atoms with Gasteiger partial charge >= 0.3 is 31.7 Å². The van der Waals surface area contributed by atoms with Crippen LogP contribution in [-0.4, -0.2) is 40.3 Å². The van der Waals surface area contributed by atoms with Crippen LogP contribution in [0.4, 0.5) is 4.79 Å². The fourth-order valence-electron chi connectivity index (χ4n) is 0.321. The van der Waals surface area contributed by atoms with Gasteiger partial charge in [0.05, 0.1) is 0 Å². The van der Waals surface area contributed by atoms with Gasteiger partial charge in [-0.1, -0.05) is 0 Å². The maximum absolute atomic E-state index is 10.00. The van der Waals surface area contributed by atoms with Crippen LogP contribution < -0.4 is 0 Å². The van der Waals surface area contributed by atoms with E-state index >= 15 is 0 Å². The predicted molar refractivity (Wildman–Crippen MR) is 29.6 cm³/mol. The van der Waals surface area contributed by atoms with Gasteiger partial charge in [-0.05, 0) is 0 Å². The van der Waals surface area contributed by atoms with E-state index in [1.807, 2.05) is 0 Å². The highest BCUT2D eigenvalue weighted by Gasteiger charge is 2.57. The average Bonchev–Trinajstić information content (AvgIpc) is 1.57. The normalized spacial score (nSPS) is 19.5. The van der Waals surface area contributed by atoms with Crippen molar-refractivity contribution < 1.29 is 34.1 Å². The highest BCUT2D eigenvalue weighted by atomic mass is 32.3. The number of rotatable bonds is 1. The molecule has 64 valence electrons. The summed E-state index contributed by atoms with van der Waals surface area (Å²) >= 11 is -2.87. The van der Waals surface area contributed by atoms with Gasteiger partial charge in [0.15, 0.2) is 0 Å². The highest BCUT2D eigenvalue weighted by molar-refractivity contribution is 7.86. The lowest BCUT2D eigenvalue weighted by Gasteiger charge is -2.17. The van der Waals surface area contributed by atoms with Gasteiger partial charge in [-0.15, -0.1) is 0 Å². The van der Waals surface area contributed by atoms with Crippen molar-refractivity contribution in [3.05, 3.63) is 0 Å². The molecule has 10 heteroatoms. The molecule has 0 saturated carbocycles. The summed E-state index contributed by atoms with van der Waals surface area (Å²) in [6, 6.07) is 0. The smallest absolute Gasteiger partial charge is 0.539 e. The molecule has 0 aromatic carbocycles. The van der Waals surface area contributed by atoms with E-state index in [1.54, 1.807) is 0 Å². The van der Waals surface area contributed by atoms with Crippen molar-refractivity contribution in [3.8, 4) is 0 Å². The van der Waals surface area contributed by atoms with Gasteiger partial charge in [0, 0.05) is 0 Å². The topological polar surface area (TPSA) is 131 Å². The molecular weight excluding hydrogens is 199 g/mol. The summed E-state index contributed by atoms with van der Waals surface area (Å²) in [5.41, 5.74) is 0. The summed E-state index contributed by atoms with van der Waals surface area (Å²) < 4.78 is 31.7. The van der Waals surface area contributed by atoms with Gasteiger partial charge in [0.25, 0.3) is 0 Å². The first-order chi connectivity index (χ1) is 4.49. The van der Waals surface area contributed by atoms with Gasteiger partial charge in [0.1, 0.15) is 0 Å². The van der Waals surface area contributed by atoms with Crippen LogP contribution in [0.1, 0.15) is 0 Å². The molecule has 11 heavy (non-hydrogen) atoms. The van der Waals surface area contributed by atoms with Crippen molar-refractivity contribution in [2.75, 3.05) is 0 Å². The van der Waals surface area contributed by atoms with Crippen molar-refractivity contribution >= 4 is 31.7 Å². The molecule has 0 atom stereocenters. The monoisotopic (exact) mass is 202 g/mol. The first kappa shape index (κ1) is 10.6. The van der Waals surface area contributed by atoms with E-state index in [0.717, 1.165) is 0 Å². The second-order valence-corrected chi connectivity index (χ2v) is 4.44. The summed E-state index contributed by atoms with van der Waals surface area (Å²) in [6.07, 6.45) is -1.61. The Morgan fingerprint density at radius 3 is 2.18 bits per heavy atom. The lowest BCUT2D eigenvalue weighted by molar-refractivity contribution is 0.109. The average molecular weight is 202 g/mol. The van der Waals surface area contributed by atoms with Crippen LogP contribution in [0.2, 0.25) is 0 Å². The van der Waals surface area contributed by atoms with Crippen LogP contribution in [0.25, 0.3) is 0 Å². The molecule has 0 spiro atoms. The molecule has 0 aliphatic carbocycles. The van der Waals surface area contributed by atoms with Gasteiger partial charge in [-0.3, -0.25) is 0 Å². The molecule has 1 fully saturated rings. The summed E-state index contributed by atoms with van der Waals surface area (Å²) in [7, 11) is -3.90. The van der Waals surface area contributed by atoms with Crippen molar-refractivity contribution in [1.82, 2.24) is 0 Å². The summed E-state index contributed by atoms with van der Waals surface area (Å²) in [5.74, 6) is 0. The molecule has 0 aromatic heterocycles. The van der Waals surface area contributed by atoms with E-state index in [9.17, 15) is 13.2 Å². The Balaban J connectivity index is 0.000001000. The van der Waals surface area contributed by atoms with Crippen molar-refractivity contribution in [2.24, 2.45) is 0 Å². The maximum Gasteiger partial charge on any atom is 1.04 e. The third-order valence-corrected chi connectivity index (χ3v) is 4.13. The Hall–Kier alpha value is -0.368. The van der Waals surface area contributed by atoms with Gasteiger partial charge in [0.2, 0.25) is 0 Å². The quantitative estimate of drug-likeness (QED) is 0.492. The van der Waals surface area contributed by atoms with E-state index < -0.39 is 31.7 Å². The van der Waals surface area contributed by atoms with Crippen molar-refractivity contribution in [3.63, 3.8) is 0 Å². The fraction of sp³-hybridized carbons (Fsp3) is 0. The first-order valence-corrected chi connectivity index (χ1v) is 4.75. The number of hydrogen-bond donors (Lipinski definition) is 1. The Morgan fingerprint density at radius 2 is 1.91 bits per heavy atom. The van der Waals surface area contributed by atoms with Crippen molar-refractivity contribution in [2.45, 2.75) is 0 Å². The molecule has 0 radical (unpaired) electrons. The van der Waals surface area contributed by atoms with Gasteiger partial charge < -0.3 is 20.8 Å². The van der Waals surface area contributed by atoms with Crippen LogP contribution in [-0.2, 0) is 20.7 Å². The lowest BCUT2D eigenvalue weighted by atomic mass is 11.5. The molecule has 1 rings (SSSR count). The second kappa shape index (κ2) is 3.35. The Morgan fingerprint density at radius 1 is 1.45 bits per heavy atom.